The van der Waals surface area contributed by atoms with Crippen molar-refractivity contribution in [2.45, 2.75) is 11.7 Å². The fraction of sp³-hybridized carbons (Fsp3) is 0.188. The van der Waals surface area contributed by atoms with Crippen LogP contribution in [-0.4, -0.2) is 22.9 Å². The van der Waals surface area contributed by atoms with Crippen LogP contribution in [0.2, 0.25) is 0 Å². The summed E-state index contributed by atoms with van der Waals surface area (Å²) in [7, 11) is 0. The van der Waals surface area contributed by atoms with Crippen molar-refractivity contribution in [3.8, 4) is 0 Å². The van der Waals surface area contributed by atoms with Crippen molar-refractivity contribution in [2.24, 2.45) is 5.16 Å². The quantitative estimate of drug-likeness (QED) is 0.308. The van der Waals surface area contributed by atoms with E-state index in [4.69, 9.17) is 16.3 Å². The lowest BCUT2D eigenvalue weighted by Gasteiger charge is -2.10. The van der Waals surface area contributed by atoms with Crippen molar-refractivity contribution in [3.05, 3.63) is 71.8 Å². The lowest BCUT2D eigenvalue weighted by atomic mass is 9.92. The van der Waals surface area contributed by atoms with Crippen molar-refractivity contribution in [1.29, 1.82) is 0 Å². The second kappa shape index (κ2) is 5.27. The number of nitrogens with zero attached hydrogens (tertiary/aromatic N) is 1. The minimum Gasteiger partial charge on any atom is -0.411 e. The molecule has 0 aliphatic carbocycles. The van der Waals surface area contributed by atoms with Gasteiger partial charge < -0.3 is 9.94 Å². The molecule has 0 saturated carbocycles. The fourth-order valence-corrected chi connectivity index (χ4v) is 2.80. The van der Waals surface area contributed by atoms with E-state index in [1.165, 1.54) is 0 Å². The van der Waals surface area contributed by atoms with E-state index in [-0.39, 0.29) is 6.10 Å². The Balaban J connectivity index is 1.93. The van der Waals surface area contributed by atoms with E-state index in [2.05, 4.69) is 5.16 Å². The van der Waals surface area contributed by atoms with Crippen molar-refractivity contribution in [3.63, 3.8) is 0 Å². The summed E-state index contributed by atoms with van der Waals surface area (Å²) in [5.74, 6) is 0.313. The number of rotatable bonds is 4. The number of hydrogen-bond donors (Lipinski definition) is 1. The molecule has 1 saturated heterocycles. The Morgan fingerprint density at radius 2 is 1.70 bits per heavy atom. The molecule has 20 heavy (non-hydrogen) atoms. The number of hydrogen-bond acceptors (Lipinski definition) is 3. The lowest BCUT2D eigenvalue weighted by Crippen LogP contribution is -2.21. The molecule has 1 fully saturated rings. The third kappa shape index (κ3) is 2.09. The zero-order valence-corrected chi connectivity index (χ0v) is 11.5. The van der Waals surface area contributed by atoms with E-state index >= 15 is 0 Å². The van der Waals surface area contributed by atoms with E-state index in [1.54, 1.807) is 0 Å². The molecule has 0 amide bonds. The van der Waals surface area contributed by atoms with Gasteiger partial charge in [-0.15, -0.1) is 11.6 Å². The average molecular weight is 288 g/mol. The predicted molar refractivity (Wildman–Crippen MR) is 78.5 cm³/mol. The van der Waals surface area contributed by atoms with Gasteiger partial charge in [-0.3, -0.25) is 0 Å². The molecule has 2 aromatic rings. The normalized spacial score (nSPS) is 25.4. The first-order valence-electron chi connectivity index (χ1n) is 6.38. The molecule has 3 rings (SSSR count). The second-order valence-corrected chi connectivity index (χ2v) is 5.01. The molecule has 1 aliphatic heterocycles. The Bertz CT molecular complexity index is 615. The molecule has 102 valence electrons. The molecule has 3 nitrogen and oxygen atoms in total. The molecule has 4 heteroatoms. The van der Waals surface area contributed by atoms with Gasteiger partial charge in [-0.2, -0.15) is 0 Å². The molecule has 1 heterocycles. The minimum absolute atomic E-state index is 0.313. The van der Waals surface area contributed by atoms with E-state index in [0.29, 0.717) is 11.6 Å². The van der Waals surface area contributed by atoms with E-state index < -0.39 is 5.60 Å². The maximum absolute atomic E-state index is 9.33. The van der Waals surface area contributed by atoms with Crippen LogP contribution in [0.25, 0.3) is 0 Å². The molecule has 1 aliphatic rings. The van der Waals surface area contributed by atoms with Crippen molar-refractivity contribution < 1.29 is 9.94 Å². The molecule has 0 radical (unpaired) electrons. The number of alkyl halides is 1. The van der Waals surface area contributed by atoms with Gasteiger partial charge in [0.25, 0.3) is 0 Å². The van der Waals surface area contributed by atoms with Crippen LogP contribution in [0.3, 0.4) is 0 Å². The molecule has 2 aromatic carbocycles. The molecule has 0 aromatic heterocycles. The Morgan fingerprint density at radius 1 is 1.10 bits per heavy atom. The summed E-state index contributed by atoms with van der Waals surface area (Å²) < 4.78 is 5.82. The highest BCUT2D eigenvalue weighted by atomic mass is 35.5. The van der Waals surface area contributed by atoms with E-state index in [0.717, 1.165) is 11.1 Å². The zero-order chi connectivity index (χ0) is 14.0. The molecule has 0 spiro atoms. The van der Waals surface area contributed by atoms with Gasteiger partial charge in [-0.05, 0) is 5.56 Å². The maximum Gasteiger partial charge on any atom is 0.140 e. The summed E-state index contributed by atoms with van der Waals surface area (Å²) in [5, 5.41) is 12.8. The Hall–Kier alpha value is -1.84. The third-order valence-electron chi connectivity index (χ3n) is 3.58. The Labute approximate surface area is 122 Å². The summed E-state index contributed by atoms with van der Waals surface area (Å²) in [4.78, 5) is 0. The molecular weight excluding hydrogens is 274 g/mol. The molecule has 2 atom stereocenters. The highest BCUT2D eigenvalue weighted by Gasteiger charge is 2.60. The largest absolute Gasteiger partial charge is 0.411 e. The van der Waals surface area contributed by atoms with Gasteiger partial charge in [0.2, 0.25) is 0 Å². The number of halogens is 1. The second-order valence-electron chi connectivity index (χ2n) is 4.74. The van der Waals surface area contributed by atoms with Crippen molar-refractivity contribution in [2.75, 3.05) is 5.88 Å². The smallest absolute Gasteiger partial charge is 0.140 e. The summed E-state index contributed by atoms with van der Waals surface area (Å²) >= 11 is 6.11. The van der Waals surface area contributed by atoms with Crippen LogP contribution < -0.4 is 0 Å². The van der Waals surface area contributed by atoms with Crippen LogP contribution in [0.5, 0.6) is 0 Å². The predicted octanol–water partition coefficient (Wildman–Crippen LogP) is 3.40. The summed E-state index contributed by atoms with van der Waals surface area (Å²) in [5.41, 5.74) is 1.75. The first-order valence-corrected chi connectivity index (χ1v) is 6.92. The minimum atomic E-state index is -0.597. The standard InChI is InChI=1S/C16H14ClNO2/c17-11-16(13-9-5-2-6-10-13)15(20-16)14(18-19)12-7-3-1-4-8-12/h1-10,15,19H,11H2/b18-14-. The van der Waals surface area contributed by atoms with Gasteiger partial charge in [-0.1, -0.05) is 65.8 Å². The van der Waals surface area contributed by atoms with Gasteiger partial charge >= 0.3 is 0 Å². The zero-order valence-electron chi connectivity index (χ0n) is 10.7. The first kappa shape index (κ1) is 13.2. The van der Waals surface area contributed by atoms with Gasteiger partial charge in [0, 0.05) is 5.56 Å². The fourth-order valence-electron chi connectivity index (χ4n) is 2.44. The Kier molecular flexibility index (Phi) is 3.47. The number of epoxide rings is 1. The maximum atomic E-state index is 9.33. The number of benzene rings is 2. The highest BCUT2D eigenvalue weighted by molar-refractivity contribution is 6.19. The first-order chi connectivity index (χ1) is 9.81. The summed E-state index contributed by atoms with van der Waals surface area (Å²) in [6, 6.07) is 19.3. The van der Waals surface area contributed by atoms with Gasteiger partial charge in [0.15, 0.2) is 0 Å². The summed E-state index contributed by atoms with van der Waals surface area (Å²) in [6.07, 6.45) is -0.324. The van der Waals surface area contributed by atoms with Crippen LogP contribution in [-0.2, 0) is 10.3 Å². The van der Waals surface area contributed by atoms with E-state index in [9.17, 15) is 5.21 Å². The topological polar surface area (TPSA) is 45.1 Å². The van der Waals surface area contributed by atoms with Crippen molar-refractivity contribution >= 4 is 17.3 Å². The Morgan fingerprint density at radius 3 is 2.25 bits per heavy atom. The van der Waals surface area contributed by atoms with Crippen LogP contribution in [0.1, 0.15) is 11.1 Å². The monoisotopic (exact) mass is 287 g/mol. The molecule has 1 N–H and O–H groups in total. The van der Waals surface area contributed by atoms with Crippen LogP contribution in [0.4, 0.5) is 0 Å². The van der Waals surface area contributed by atoms with Crippen LogP contribution in [0.15, 0.2) is 65.8 Å². The number of ether oxygens (including phenoxy) is 1. The lowest BCUT2D eigenvalue weighted by molar-refractivity contribution is 0.309. The van der Waals surface area contributed by atoms with Crippen molar-refractivity contribution in [1.82, 2.24) is 0 Å². The van der Waals surface area contributed by atoms with Gasteiger partial charge in [-0.25, -0.2) is 0 Å². The molecule has 0 bridgehead atoms. The molecule has 2 unspecified atom stereocenters. The number of oxime groups is 1. The van der Waals surface area contributed by atoms with Crippen LogP contribution in [0, 0.1) is 0 Å². The van der Waals surface area contributed by atoms with Gasteiger partial charge in [0.1, 0.15) is 17.4 Å². The summed E-state index contributed by atoms with van der Waals surface area (Å²) in [6.45, 7) is 0. The van der Waals surface area contributed by atoms with E-state index in [1.807, 2.05) is 60.7 Å². The molecular formula is C16H14ClNO2. The highest BCUT2D eigenvalue weighted by Crippen LogP contribution is 2.48. The third-order valence-corrected chi connectivity index (χ3v) is 3.98. The average Bonchev–Trinajstić information content (AvgIpc) is 3.26. The van der Waals surface area contributed by atoms with Gasteiger partial charge in [0.05, 0.1) is 5.88 Å². The SMILES string of the molecule is O/N=C(/c1ccccc1)C1OC1(CCl)c1ccccc1. The van der Waals surface area contributed by atoms with Crippen LogP contribution >= 0.6 is 11.6 Å².